The van der Waals surface area contributed by atoms with Crippen LogP contribution in [0.1, 0.15) is 36.8 Å². The lowest BCUT2D eigenvalue weighted by atomic mass is 9.94. The Morgan fingerprint density at radius 1 is 1.03 bits per heavy atom. The number of amides is 2. The van der Waals surface area contributed by atoms with Crippen LogP contribution < -0.4 is 0 Å². The first-order chi connectivity index (χ1) is 17.1. The molecule has 1 heterocycles. The number of thiazole rings is 1. The zero-order valence-electron chi connectivity index (χ0n) is 20.8. The highest BCUT2D eigenvalue weighted by Crippen LogP contribution is 2.24. The second-order valence-electron chi connectivity index (χ2n) is 9.54. The monoisotopic (exact) mass is 511 g/mol. The van der Waals surface area contributed by atoms with Crippen molar-refractivity contribution in [3.63, 3.8) is 0 Å². The van der Waals surface area contributed by atoms with Gasteiger partial charge < -0.3 is 19.8 Å². The van der Waals surface area contributed by atoms with Crippen LogP contribution in [-0.2, 0) is 24.3 Å². The molecule has 0 saturated heterocycles. The van der Waals surface area contributed by atoms with E-state index >= 15 is 0 Å². The van der Waals surface area contributed by atoms with Gasteiger partial charge >= 0.3 is 12.2 Å². The van der Waals surface area contributed by atoms with Crippen LogP contribution in [0, 0.1) is 0 Å². The molecule has 0 saturated carbocycles. The number of aliphatic hydroxyl groups is 1. The lowest BCUT2D eigenvalue weighted by molar-refractivity contribution is -0.00881. The minimum atomic E-state index is -1.17. The fourth-order valence-corrected chi connectivity index (χ4v) is 4.58. The first-order valence-electron chi connectivity index (χ1n) is 11.7. The molecule has 0 unspecified atom stereocenters. The Hall–Kier alpha value is -3.43. The van der Waals surface area contributed by atoms with E-state index in [0.717, 1.165) is 16.0 Å². The number of aromatic nitrogens is 1. The Balaban J connectivity index is 1.86. The molecule has 36 heavy (non-hydrogen) atoms. The summed E-state index contributed by atoms with van der Waals surface area (Å²) in [7, 11) is 0. The van der Waals surface area contributed by atoms with Gasteiger partial charge in [0.1, 0.15) is 6.61 Å². The number of hydrogen-bond donors (Lipinski definition) is 2. The molecular weight excluding hydrogens is 478 g/mol. The summed E-state index contributed by atoms with van der Waals surface area (Å²) in [4.78, 5) is 32.9. The average molecular weight is 512 g/mol. The van der Waals surface area contributed by atoms with Crippen molar-refractivity contribution in [1.29, 1.82) is 0 Å². The molecule has 3 rings (SSSR count). The smallest absolute Gasteiger partial charge is 0.410 e. The van der Waals surface area contributed by atoms with Gasteiger partial charge in [-0.05, 0) is 38.3 Å². The summed E-state index contributed by atoms with van der Waals surface area (Å²) in [6.07, 6.45) is -0.966. The average Bonchev–Trinajstić information content (AvgIpc) is 3.35. The quantitative estimate of drug-likeness (QED) is 0.396. The third-order valence-corrected chi connectivity index (χ3v) is 6.45. The molecule has 0 aliphatic rings. The van der Waals surface area contributed by atoms with Crippen LogP contribution in [0.15, 0.2) is 72.4 Å². The summed E-state index contributed by atoms with van der Waals surface area (Å²) >= 11 is 1.38. The van der Waals surface area contributed by atoms with Gasteiger partial charge in [-0.15, -0.1) is 11.3 Å². The summed E-state index contributed by atoms with van der Waals surface area (Å²) in [5.74, 6) is 0. The zero-order valence-corrected chi connectivity index (χ0v) is 21.6. The summed E-state index contributed by atoms with van der Waals surface area (Å²) in [6.45, 7) is 5.54. The predicted octanol–water partition coefficient (Wildman–Crippen LogP) is 5.03. The molecule has 0 aliphatic heterocycles. The van der Waals surface area contributed by atoms with E-state index in [1.807, 2.05) is 60.7 Å². The third kappa shape index (κ3) is 7.79. The van der Waals surface area contributed by atoms with Gasteiger partial charge in [0.2, 0.25) is 0 Å². The highest BCUT2D eigenvalue weighted by Gasteiger charge is 2.38. The molecule has 9 heteroatoms. The van der Waals surface area contributed by atoms with Crippen molar-refractivity contribution >= 4 is 23.5 Å². The molecular formula is C27H33N3O5S. The van der Waals surface area contributed by atoms with Crippen LogP contribution in [0.25, 0.3) is 0 Å². The SMILES string of the molecule is CC(C)(C)N(C(=O)O)[C@@H](Cc1ccccc1)[C@H](O)CN(Cc1ccccc1)C(=O)OCc1cncs1. The normalized spacial score (nSPS) is 13.0. The van der Waals surface area contributed by atoms with E-state index in [1.54, 1.807) is 32.5 Å². The summed E-state index contributed by atoms with van der Waals surface area (Å²) in [5, 5.41) is 21.5. The maximum absolute atomic E-state index is 13.1. The van der Waals surface area contributed by atoms with Crippen molar-refractivity contribution in [2.75, 3.05) is 6.54 Å². The first kappa shape index (κ1) is 27.2. The van der Waals surface area contributed by atoms with Crippen LogP contribution in [0.5, 0.6) is 0 Å². The summed E-state index contributed by atoms with van der Waals surface area (Å²) < 4.78 is 5.51. The van der Waals surface area contributed by atoms with Gasteiger partial charge in [-0.1, -0.05) is 60.7 Å². The van der Waals surface area contributed by atoms with Crippen molar-refractivity contribution in [3.8, 4) is 0 Å². The minimum Gasteiger partial charge on any atom is -0.465 e. The molecule has 0 aliphatic carbocycles. The number of benzene rings is 2. The molecule has 2 atom stereocenters. The molecule has 0 radical (unpaired) electrons. The molecule has 2 amide bonds. The highest BCUT2D eigenvalue weighted by atomic mass is 32.1. The standard InChI is InChI=1S/C27H33N3O5S/c1-27(2,3)30(25(32)33)23(14-20-10-6-4-7-11-20)24(31)17-29(16-21-12-8-5-9-13-21)26(34)35-18-22-15-28-19-36-22/h4-13,15,19,23-24,31H,14,16-18H2,1-3H3,(H,32,33)/t23-,24+/m0/s1. The maximum Gasteiger partial charge on any atom is 0.410 e. The van der Waals surface area contributed by atoms with Gasteiger partial charge in [0.25, 0.3) is 0 Å². The van der Waals surface area contributed by atoms with Gasteiger partial charge in [-0.25, -0.2) is 9.59 Å². The second-order valence-corrected chi connectivity index (χ2v) is 10.5. The number of carbonyl (C=O) groups excluding carboxylic acids is 1. The van der Waals surface area contributed by atoms with E-state index in [9.17, 15) is 19.8 Å². The van der Waals surface area contributed by atoms with E-state index in [-0.39, 0.29) is 19.7 Å². The fraction of sp³-hybridized carbons (Fsp3) is 0.370. The summed E-state index contributed by atoms with van der Waals surface area (Å²) in [6, 6.07) is 18.0. The number of nitrogens with zero attached hydrogens (tertiary/aromatic N) is 3. The molecule has 2 aromatic carbocycles. The van der Waals surface area contributed by atoms with Gasteiger partial charge in [0.05, 0.1) is 29.1 Å². The maximum atomic E-state index is 13.1. The number of ether oxygens (including phenoxy) is 1. The topological polar surface area (TPSA) is 103 Å². The number of hydrogen-bond acceptors (Lipinski definition) is 6. The number of rotatable bonds is 10. The zero-order chi connectivity index (χ0) is 26.1. The third-order valence-electron chi connectivity index (χ3n) is 5.70. The van der Waals surface area contributed by atoms with Crippen molar-refractivity contribution < 1.29 is 24.5 Å². The van der Waals surface area contributed by atoms with Crippen molar-refractivity contribution in [1.82, 2.24) is 14.8 Å². The molecule has 0 spiro atoms. The van der Waals surface area contributed by atoms with Crippen LogP contribution in [0.3, 0.4) is 0 Å². The Morgan fingerprint density at radius 2 is 1.64 bits per heavy atom. The Kier molecular flexibility index (Phi) is 9.44. The molecule has 0 fully saturated rings. The van der Waals surface area contributed by atoms with Gasteiger partial charge in [-0.2, -0.15) is 0 Å². The van der Waals surface area contributed by atoms with E-state index in [2.05, 4.69) is 4.98 Å². The van der Waals surface area contributed by atoms with Crippen LogP contribution in [0.2, 0.25) is 0 Å². The molecule has 3 aromatic rings. The Bertz CT molecular complexity index is 1090. The minimum absolute atomic E-state index is 0.0710. The van der Waals surface area contributed by atoms with Crippen molar-refractivity contribution in [3.05, 3.63) is 88.4 Å². The van der Waals surface area contributed by atoms with Gasteiger partial charge in [0, 0.05) is 18.3 Å². The number of aliphatic hydroxyl groups excluding tert-OH is 1. The molecule has 192 valence electrons. The molecule has 8 nitrogen and oxygen atoms in total. The van der Waals surface area contributed by atoms with E-state index in [1.165, 1.54) is 21.1 Å². The van der Waals surface area contributed by atoms with Crippen molar-refractivity contribution in [2.45, 2.75) is 58.0 Å². The fourth-order valence-electron chi connectivity index (χ4n) is 4.07. The lowest BCUT2D eigenvalue weighted by Crippen LogP contribution is -2.58. The lowest BCUT2D eigenvalue weighted by Gasteiger charge is -2.42. The second kappa shape index (κ2) is 12.5. The predicted molar refractivity (Wildman–Crippen MR) is 139 cm³/mol. The number of carboxylic acid groups (broad SMARTS) is 1. The summed E-state index contributed by atoms with van der Waals surface area (Å²) in [5.41, 5.74) is 2.64. The Labute approximate surface area is 215 Å². The van der Waals surface area contributed by atoms with Crippen LogP contribution in [0.4, 0.5) is 9.59 Å². The largest absolute Gasteiger partial charge is 0.465 e. The van der Waals surface area contributed by atoms with Crippen LogP contribution in [-0.4, -0.2) is 61.4 Å². The van der Waals surface area contributed by atoms with Crippen LogP contribution >= 0.6 is 11.3 Å². The Morgan fingerprint density at radius 3 is 2.17 bits per heavy atom. The van der Waals surface area contributed by atoms with E-state index < -0.39 is 29.9 Å². The molecule has 2 N–H and O–H groups in total. The first-order valence-corrected chi connectivity index (χ1v) is 12.6. The highest BCUT2D eigenvalue weighted by molar-refractivity contribution is 7.09. The van der Waals surface area contributed by atoms with E-state index in [4.69, 9.17) is 4.74 Å². The molecule has 0 bridgehead atoms. The van der Waals surface area contributed by atoms with Gasteiger partial charge in [-0.3, -0.25) is 9.88 Å². The van der Waals surface area contributed by atoms with E-state index in [0.29, 0.717) is 6.42 Å². The molecule has 1 aromatic heterocycles. The van der Waals surface area contributed by atoms with Crippen molar-refractivity contribution in [2.24, 2.45) is 0 Å². The number of carbonyl (C=O) groups is 2. The van der Waals surface area contributed by atoms with Gasteiger partial charge in [0.15, 0.2) is 0 Å².